The van der Waals surface area contributed by atoms with Crippen molar-refractivity contribution in [1.82, 2.24) is 0 Å². The van der Waals surface area contributed by atoms with E-state index in [1.165, 1.54) is 6.92 Å². The van der Waals surface area contributed by atoms with Crippen LogP contribution >= 0.6 is 0 Å². The van der Waals surface area contributed by atoms with Crippen molar-refractivity contribution >= 4 is 11.8 Å². The van der Waals surface area contributed by atoms with Gasteiger partial charge in [-0.2, -0.15) is 0 Å². The van der Waals surface area contributed by atoms with E-state index in [4.69, 9.17) is 4.74 Å². The topological polar surface area (TPSA) is 63.6 Å². The Balaban J connectivity index is 2.03. The molecule has 1 unspecified atom stereocenters. The van der Waals surface area contributed by atoms with E-state index < -0.39 is 5.60 Å². The Labute approximate surface area is 151 Å². The number of allylic oxidation sites excluding steroid dienone is 2. The third-order valence-electron chi connectivity index (χ3n) is 6.11. The molecule has 0 bridgehead atoms. The van der Waals surface area contributed by atoms with Crippen molar-refractivity contribution in [2.45, 2.75) is 77.9 Å². The smallest absolute Gasteiger partial charge is 0.303 e. The Morgan fingerprint density at radius 2 is 2.04 bits per heavy atom. The lowest BCUT2D eigenvalue weighted by molar-refractivity contribution is -0.145. The van der Waals surface area contributed by atoms with Crippen molar-refractivity contribution in [2.24, 2.45) is 17.8 Å². The van der Waals surface area contributed by atoms with Gasteiger partial charge in [-0.25, -0.2) is 0 Å². The van der Waals surface area contributed by atoms with Crippen LogP contribution in [0.4, 0.5) is 0 Å². The Kier molecular flexibility index (Phi) is 6.26. The first-order chi connectivity index (χ1) is 11.6. The number of hydrogen-bond acceptors (Lipinski definition) is 4. The highest BCUT2D eigenvalue weighted by molar-refractivity contribution is 5.93. The van der Waals surface area contributed by atoms with Gasteiger partial charge in [0.05, 0.1) is 5.60 Å². The van der Waals surface area contributed by atoms with Gasteiger partial charge in [0.1, 0.15) is 6.10 Å². The highest BCUT2D eigenvalue weighted by atomic mass is 16.5. The van der Waals surface area contributed by atoms with Gasteiger partial charge in [-0.1, -0.05) is 12.7 Å². The SMILES string of the molecule is C=C(C)C(CC[C@](C)(O)[C@H]1CC[C@@H]2CC=C(C(C)=O)C[C@H]21)OC(C)=O. The second-order valence-electron chi connectivity index (χ2n) is 8.17. The minimum Gasteiger partial charge on any atom is -0.458 e. The molecule has 0 heterocycles. The number of hydrogen-bond donors (Lipinski definition) is 1. The molecule has 0 aromatic heterocycles. The number of fused-ring (bicyclic) bond motifs is 1. The Morgan fingerprint density at radius 1 is 1.36 bits per heavy atom. The average Bonchev–Trinajstić information content (AvgIpc) is 2.94. The molecule has 4 heteroatoms. The normalized spacial score (nSPS) is 29.2. The minimum absolute atomic E-state index is 0.154. The van der Waals surface area contributed by atoms with Gasteiger partial charge in [0.2, 0.25) is 0 Å². The zero-order valence-corrected chi connectivity index (χ0v) is 16.0. The summed E-state index contributed by atoms with van der Waals surface area (Å²) in [6.07, 6.45) is 6.73. The molecule has 4 nitrogen and oxygen atoms in total. The second kappa shape index (κ2) is 7.86. The van der Waals surface area contributed by atoms with Crippen LogP contribution in [0.25, 0.3) is 0 Å². The summed E-state index contributed by atoms with van der Waals surface area (Å²) in [5, 5.41) is 11.2. The third-order valence-corrected chi connectivity index (χ3v) is 6.11. The lowest BCUT2D eigenvalue weighted by Gasteiger charge is -2.38. The standard InChI is InChI=1S/C21H32O4/c1-13(2)20(25-15(4)23)10-11-21(5,24)19-9-8-16-6-7-17(14(3)22)12-18(16)19/h7,16,18-20,24H,1,6,8-12H2,2-5H3/t16-,18+,19-,20?,21-/m0/s1. The maximum absolute atomic E-state index is 11.7. The molecule has 0 aromatic carbocycles. The molecule has 140 valence electrons. The van der Waals surface area contributed by atoms with Gasteiger partial charge in [0, 0.05) is 6.92 Å². The second-order valence-corrected chi connectivity index (χ2v) is 8.17. The predicted octanol–water partition coefficient (Wildman–Crippen LogP) is 3.98. The molecule has 5 atom stereocenters. The number of ketones is 1. The Hall–Kier alpha value is -1.42. The molecular weight excluding hydrogens is 316 g/mol. The molecular formula is C21H32O4. The highest BCUT2D eigenvalue weighted by Crippen LogP contribution is 2.50. The third kappa shape index (κ3) is 4.81. The maximum Gasteiger partial charge on any atom is 0.303 e. The van der Waals surface area contributed by atoms with Crippen molar-refractivity contribution in [1.29, 1.82) is 0 Å². The first-order valence-electron chi connectivity index (χ1n) is 9.36. The van der Waals surface area contributed by atoms with Crippen LogP contribution in [0.2, 0.25) is 0 Å². The van der Waals surface area contributed by atoms with Crippen LogP contribution < -0.4 is 0 Å². The summed E-state index contributed by atoms with van der Waals surface area (Å²) < 4.78 is 5.32. The lowest BCUT2D eigenvalue weighted by atomic mass is 9.71. The van der Waals surface area contributed by atoms with E-state index in [0.29, 0.717) is 24.7 Å². The summed E-state index contributed by atoms with van der Waals surface area (Å²) in [6, 6.07) is 0. The molecule has 1 saturated carbocycles. The van der Waals surface area contributed by atoms with Crippen LogP contribution in [-0.4, -0.2) is 28.6 Å². The molecule has 2 aliphatic rings. The summed E-state index contributed by atoms with van der Waals surface area (Å²) in [5.41, 5.74) is 0.894. The zero-order valence-electron chi connectivity index (χ0n) is 16.0. The van der Waals surface area contributed by atoms with Crippen molar-refractivity contribution in [2.75, 3.05) is 0 Å². The number of esters is 1. The summed E-state index contributed by atoms with van der Waals surface area (Å²) in [6.45, 7) is 10.7. The van der Waals surface area contributed by atoms with Crippen LogP contribution in [0, 0.1) is 17.8 Å². The van der Waals surface area contributed by atoms with E-state index in [1.54, 1.807) is 6.92 Å². The van der Waals surface area contributed by atoms with Gasteiger partial charge < -0.3 is 9.84 Å². The highest BCUT2D eigenvalue weighted by Gasteiger charge is 2.46. The van der Waals surface area contributed by atoms with Gasteiger partial charge in [-0.05, 0) is 88.2 Å². The fraction of sp³-hybridized carbons (Fsp3) is 0.714. The van der Waals surface area contributed by atoms with Gasteiger partial charge in [0.25, 0.3) is 0 Å². The molecule has 1 N–H and O–H groups in total. The van der Waals surface area contributed by atoms with Gasteiger partial charge in [-0.15, -0.1) is 0 Å². The molecule has 0 amide bonds. The number of aliphatic hydroxyl groups is 1. The molecule has 2 aliphatic carbocycles. The molecule has 25 heavy (non-hydrogen) atoms. The monoisotopic (exact) mass is 348 g/mol. The van der Waals surface area contributed by atoms with Gasteiger partial charge >= 0.3 is 5.97 Å². The minimum atomic E-state index is -0.827. The lowest BCUT2D eigenvalue weighted by Crippen LogP contribution is -2.40. The largest absolute Gasteiger partial charge is 0.458 e. The van der Waals surface area contributed by atoms with Crippen molar-refractivity contribution < 1.29 is 19.4 Å². The zero-order chi connectivity index (χ0) is 18.8. The number of carbonyl (C=O) groups is 2. The number of ether oxygens (including phenoxy) is 1. The average molecular weight is 348 g/mol. The first kappa shape index (κ1) is 19.9. The summed E-state index contributed by atoms with van der Waals surface area (Å²) in [5.74, 6) is 0.961. The molecule has 0 spiro atoms. The van der Waals surface area contributed by atoms with Crippen molar-refractivity contribution in [3.63, 3.8) is 0 Å². The fourth-order valence-corrected chi connectivity index (χ4v) is 4.66. The van der Waals surface area contributed by atoms with E-state index in [0.717, 1.165) is 36.8 Å². The summed E-state index contributed by atoms with van der Waals surface area (Å²) in [7, 11) is 0. The van der Waals surface area contributed by atoms with Gasteiger partial charge in [-0.3, -0.25) is 9.59 Å². The van der Waals surface area contributed by atoms with Crippen molar-refractivity contribution in [3.05, 3.63) is 23.8 Å². The van der Waals surface area contributed by atoms with Crippen LogP contribution in [0.1, 0.15) is 66.2 Å². The summed E-state index contributed by atoms with van der Waals surface area (Å²) in [4.78, 5) is 23.0. The van der Waals surface area contributed by atoms with E-state index in [2.05, 4.69) is 12.7 Å². The van der Waals surface area contributed by atoms with Crippen LogP contribution in [0.15, 0.2) is 23.8 Å². The number of carbonyl (C=O) groups excluding carboxylic acids is 2. The number of rotatable bonds is 7. The van der Waals surface area contributed by atoms with E-state index in [9.17, 15) is 14.7 Å². The Morgan fingerprint density at radius 3 is 2.60 bits per heavy atom. The Bertz CT molecular complexity index is 572. The van der Waals surface area contributed by atoms with Crippen LogP contribution in [0.5, 0.6) is 0 Å². The van der Waals surface area contributed by atoms with Crippen molar-refractivity contribution in [3.8, 4) is 0 Å². The first-order valence-corrected chi connectivity index (χ1v) is 9.36. The number of Topliss-reactive ketones (excluding diaryl/α,β-unsaturated/α-hetero) is 1. The molecule has 0 saturated heterocycles. The molecule has 0 radical (unpaired) electrons. The van der Waals surface area contributed by atoms with Crippen LogP contribution in [0.3, 0.4) is 0 Å². The fourth-order valence-electron chi connectivity index (χ4n) is 4.66. The molecule has 0 aromatic rings. The molecule has 2 rings (SSSR count). The predicted molar refractivity (Wildman–Crippen MR) is 97.9 cm³/mol. The molecule has 1 fully saturated rings. The van der Waals surface area contributed by atoms with Crippen LogP contribution in [-0.2, 0) is 14.3 Å². The van der Waals surface area contributed by atoms with Gasteiger partial charge in [0.15, 0.2) is 5.78 Å². The van der Waals surface area contributed by atoms with E-state index >= 15 is 0 Å². The molecule has 0 aliphatic heterocycles. The quantitative estimate of drug-likeness (QED) is 0.558. The van der Waals surface area contributed by atoms with E-state index in [1.807, 2.05) is 13.8 Å². The maximum atomic E-state index is 11.7. The van der Waals surface area contributed by atoms with E-state index in [-0.39, 0.29) is 23.8 Å². The summed E-state index contributed by atoms with van der Waals surface area (Å²) >= 11 is 0.